The number of rotatable bonds is 1. The van der Waals surface area contributed by atoms with E-state index < -0.39 is 59.7 Å². The van der Waals surface area contributed by atoms with Gasteiger partial charge >= 0.3 is 0 Å². The fourth-order valence-electron chi connectivity index (χ4n) is 0.962. The second-order valence-electron chi connectivity index (χ2n) is 2.60. The number of aromatic nitrogens is 1. The number of nitrogens with zero attached hydrogens (tertiary/aromatic N) is 1. The average Bonchev–Trinajstić information content (AvgIpc) is 2.50. The predicted octanol–water partition coefficient (Wildman–Crippen LogP) is 2.15. The smallest absolute Gasteiger partial charge is 0.255 e. The van der Waals surface area contributed by atoms with Crippen molar-refractivity contribution in [3.63, 3.8) is 0 Å². The van der Waals surface area contributed by atoms with Crippen LogP contribution in [0.2, 0.25) is 0 Å². The molecule has 0 bridgehead atoms. The Morgan fingerprint density at radius 2 is 1.86 bits per heavy atom. The van der Waals surface area contributed by atoms with Gasteiger partial charge in [0.25, 0.3) is 5.56 Å². The van der Waals surface area contributed by atoms with E-state index in [1.807, 2.05) is 0 Å². The fourth-order valence-corrected chi connectivity index (χ4v) is 0.962. The van der Waals surface area contributed by atoms with Crippen molar-refractivity contribution >= 4 is 0 Å². The van der Waals surface area contributed by atoms with E-state index in [1.165, 1.54) is 6.92 Å². The van der Waals surface area contributed by atoms with Crippen molar-refractivity contribution in [1.82, 2.24) is 4.57 Å². The van der Waals surface area contributed by atoms with Crippen LogP contribution in [-0.4, -0.2) is 4.57 Å². The maximum Gasteiger partial charge on any atom is 0.255 e. The minimum atomic E-state index is -1.07. The zero-order valence-electron chi connectivity index (χ0n) is 15.4. The summed E-state index contributed by atoms with van der Waals surface area (Å²) in [6.45, 7) is 1.36. The summed E-state index contributed by atoms with van der Waals surface area (Å²) in [7, 11) is 0. The van der Waals surface area contributed by atoms with Crippen LogP contribution < -0.4 is 5.56 Å². The highest BCUT2D eigenvalue weighted by molar-refractivity contribution is 5.32. The van der Waals surface area contributed by atoms with E-state index in [4.69, 9.17) is 11.0 Å². The van der Waals surface area contributed by atoms with Gasteiger partial charge in [-0.2, -0.15) is 0 Å². The number of pyridine rings is 1. The topological polar surface area (TPSA) is 22.0 Å². The Bertz CT molecular complexity index is 829. The van der Waals surface area contributed by atoms with Gasteiger partial charge in [0, 0.05) is 17.9 Å². The first kappa shape index (κ1) is 3.39. The van der Waals surface area contributed by atoms with Crippen molar-refractivity contribution in [3.8, 4) is 5.69 Å². The molecule has 0 unspecified atom stereocenters. The zero-order chi connectivity index (χ0) is 16.9. The molecule has 14 heavy (non-hydrogen) atoms. The minimum absolute atomic E-state index is 0.0106. The lowest BCUT2D eigenvalue weighted by molar-refractivity contribution is 0.976. The molecule has 0 saturated carbocycles. The van der Waals surface area contributed by atoms with Crippen LogP contribution in [0, 0.1) is 6.92 Å². The average molecular weight is 193 g/mol. The Balaban J connectivity index is 3.06. The molecule has 0 radical (unpaired) electrons. The maximum absolute atomic E-state index is 12.2. The molecular weight excluding hydrogens is 174 g/mol. The molecule has 2 aromatic rings. The van der Waals surface area contributed by atoms with Gasteiger partial charge in [-0.1, -0.05) is 24.2 Å². The molecule has 0 fully saturated rings. The quantitative estimate of drug-likeness (QED) is 0.680. The Morgan fingerprint density at radius 1 is 1.14 bits per heavy atom. The molecule has 0 aliphatic carbocycles. The molecule has 0 atom stereocenters. The highest BCUT2D eigenvalue weighted by Gasteiger charge is 1.97. The Hall–Kier alpha value is -1.83. The summed E-state index contributed by atoms with van der Waals surface area (Å²) in [4.78, 5) is 12.2. The van der Waals surface area contributed by atoms with Crippen LogP contribution in [0.15, 0.2) is 53.3 Å². The molecule has 2 nitrogen and oxygen atoms in total. The highest BCUT2D eigenvalue weighted by atomic mass is 16.1. The van der Waals surface area contributed by atoms with Crippen molar-refractivity contribution in [2.24, 2.45) is 0 Å². The monoisotopic (exact) mass is 193 g/mol. The van der Waals surface area contributed by atoms with Crippen molar-refractivity contribution in [3.05, 3.63) is 64.4 Å². The minimum Gasteiger partial charge on any atom is -0.284 e. The summed E-state index contributed by atoms with van der Waals surface area (Å²) < 4.78 is 62.1. The van der Waals surface area contributed by atoms with Gasteiger partial charge in [-0.15, -0.1) is 0 Å². The fraction of sp³-hybridized carbons (Fsp3) is 0.0833. The SMILES string of the molecule is [2H]c1c([2H])c([2H])c(-n2c([2H])c(C)c([2H])c([2H])c2=O)c([2H])c1[2H]. The lowest BCUT2D eigenvalue weighted by atomic mass is 10.3. The Labute approximate surface area is 93.7 Å². The van der Waals surface area contributed by atoms with E-state index in [9.17, 15) is 4.79 Å². The largest absolute Gasteiger partial charge is 0.284 e. The van der Waals surface area contributed by atoms with Gasteiger partial charge in [0.05, 0.1) is 11.0 Å². The van der Waals surface area contributed by atoms with Gasteiger partial charge < -0.3 is 0 Å². The van der Waals surface area contributed by atoms with Crippen LogP contribution in [0.5, 0.6) is 0 Å². The Morgan fingerprint density at radius 3 is 2.57 bits per heavy atom. The summed E-state index contributed by atoms with van der Waals surface area (Å²) >= 11 is 0. The van der Waals surface area contributed by atoms with E-state index in [0.29, 0.717) is 4.57 Å². The lowest BCUT2D eigenvalue weighted by Crippen LogP contribution is -2.16. The zero-order valence-corrected chi connectivity index (χ0v) is 7.36. The van der Waals surface area contributed by atoms with Crippen molar-refractivity contribution in [1.29, 1.82) is 0 Å². The van der Waals surface area contributed by atoms with Crippen molar-refractivity contribution < 1.29 is 11.0 Å². The highest BCUT2D eigenvalue weighted by Crippen LogP contribution is 2.04. The number of para-hydroxylation sites is 1. The molecule has 1 aromatic carbocycles. The molecule has 1 aromatic heterocycles. The molecule has 70 valence electrons. The second kappa shape index (κ2) is 3.50. The molecule has 0 aliphatic heterocycles. The molecule has 0 spiro atoms. The normalized spacial score (nSPS) is 18.1. The summed E-state index contributed by atoms with van der Waals surface area (Å²) in [5.74, 6) is 0. The van der Waals surface area contributed by atoms with Crippen LogP contribution in [0.3, 0.4) is 0 Å². The Kier molecular flexibility index (Phi) is 0.847. The van der Waals surface area contributed by atoms with Crippen LogP contribution in [0.4, 0.5) is 0 Å². The summed E-state index contributed by atoms with van der Waals surface area (Å²) in [6.07, 6.45) is -0.482. The van der Waals surface area contributed by atoms with E-state index >= 15 is 0 Å². The van der Waals surface area contributed by atoms with Gasteiger partial charge in [0.1, 0.15) is 0 Å². The van der Waals surface area contributed by atoms with Crippen LogP contribution >= 0.6 is 0 Å². The van der Waals surface area contributed by atoms with Crippen LogP contribution in [0.25, 0.3) is 5.69 Å². The molecular formula is C12H11NO. The first-order valence-electron chi connectivity index (χ1n) is 7.87. The molecule has 0 N–H and O–H groups in total. The maximum atomic E-state index is 12.2. The number of hydrogen-bond donors (Lipinski definition) is 0. The third-order valence-corrected chi connectivity index (χ3v) is 1.55. The van der Waals surface area contributed by atoms with Crippen molar-refractivity contribution in [2.75, 3.05) is 0 Å². The summed E-state index contributed by atoms with van der Waals surface area (Å²) in [5.41, 5.74) is -1.55. The third-order valence-electron chi connectivity index (χ3n) is 1.55. The summed E-state index contributed by atoms with van der Waals surface area (Å²) in [5, 5.41) is 0. The summed E-state index contributed by atoms with van der Waals surface area (Å²) in [6, 6.07) is -4.28. The second-order valence-corrected chi connectivity index (χ2v) is 2.60. The van der Waals surface area contributed by atoms with Gasteiger partial charge in [-0.3, -0.25) is 9.36 Å². The third kappa shape index (κ3) is 1.59. The van der Waals surface area contributed by atoms with Crippen LogP contribution in [-0.2, 0) is 0 Å². The van der Waals surface area contributed by atoms with Crippen LogP contribution in [0.1, 0.15) is 16.5 Å². The van der Waals surface area contributed by atoms with E-state index in [-0.39, 0.29) is 5.56 Å². The lowest BCUT2D eigenvalue weighted by Gasteiger charge is -2.05. The first-order valence-corrected chi connectivity index (χ1v) is 3.87. The molecule has 0 aliphatic rings. The predicted molar refractivity (Wildman–Crippen MR) is 56.8 cm³/mol. The molecule has 2 heteroatoms. The standard InChI is InChI=1S/C12H11NO/c1-10-7-8-12(14)13(9-10)11-5-3-2-4-6-11/h2-9H,1H3/i2D,3D,4D,5D,6D,7D,8D,9D. The van der Waals surface area contributed by atoms with Gasteiger partial charge in [0.15, 0.2) is 0 Å². The van der Waals surface area contributed by atoms with Gasteiger partial charge in [-0.05, 0) is 24.6 Å². The van der Waals surface area contributed by atoms with E-state index in [0.717, 1.165) is 0 Å². The van der Waals surface area contributed by atoms with Crippen molar-refractivity contribution in [2.45, 2.75) is 6.92 Å². The number of benzene rings is 1. The molecule has 0 saturated heterocycles. The molecule has 0 amide bonds. The number of hydrogen-bond acceptors (Lipinski definition) is 1. The van der Waals surface area contributed by atoms with Gasteiger partial charge in [-0.25, -0.2) is 0 Å². The van der Waals surface area contributed by atoms with E-state index in [1.54, 1.807) is 0 Å². The molecule has 2 rings (SSSR count). The van der Waals surface area contributed by atoms with E-state index in [2.05, 4.69) is 0 Å². The molecule has 1 heterocycles. The first-order chi connectivity index (χ1) is 10.1. The van der Waals surface area contributed by atoms with Gasteiger partial charge in [0.2, 0.25) is 0 Å².